The van der Waals surface area contributed by atoms with E-state index in [9.17, 15) is 19.8 Å². The van der Waals surface area contributed by atoms with Crippen LogP contribution in [-0.2, 0) is 14.3 Å². The first-order chi connectivity index (χ1) is 26.5. The third-order valence-corrected chi connectivity index (χ3v) is 10.7. The van der Waals surface area contributed by atoms with Crippen LogP contribution in [0.15, 0.2) is 24.3 Å². The van der Waals surface area contributed by atoms with Gasteiger partial charge in [-0.25, -0.2) is 0 Å². The monoisotopic (exact) mass is 762 g/mol. The molecule has 0 aliphatic rings. The van der Waals surface area contributed by atoms with Gasteiger partial charge in [-0.1, -0.05) is 205 Å². The largest absolute Gasteiger partial charge is 0.466 e. The Balaban J connectivity index is 3.59. The minimum atomic E-state index is -0.873. The summed E-state index contributed by atoms with van der Waals surface area (Å²) in [6.07, 6.45) is 50.3. The highest BCUT2D eigenvalue weighted by atomic mass is 16.5. The Hall–Kier alpha value is -1.66. The van der Waals surface area contributed by atoms with Crippen LogP contribution in [0.3, 0.4) is 0 Å². The van der Waals surface area contributed by atoms with E-state index in [-0.39, 0.29) is 18.5 Å². The highest BCUT2D eigenvalue weighted by Gasteiger charge is 2.17. The molecule has 0 radical (unpaired) electrons. The molecule has 0 fully saturated rings. The van der Waals surface area contributed by atoms with Crippen LogP contribution >= 0.6 is 0 Å². The minimum Gasteiger partial charge on any atom is -0.466 e. The molecule has 0 aromatic carbocycles. The molecule has 0 bridgehead atoms. The quantitative estimate of drug-likeness (QED) is 0.0327. The van der Waals surface area contributed by atoms with Gasteiger partial charge in [0.1, 0.15) is 0 Å². The number of ether oxygens (including phenoxy) is 1. The molecule has 6 heteroatoms. The molecule has 0 aliphatic carbocycles. The van der Waals surface area contributed by atoms with E-state index in [0.29, 0.717) is 19.4 Å². The van der Waals surface area contributed by atoms with Crippen LogP contribution < -0.4 is 5.32 Å². The first-order valence-electron chi connectivity index (χ1n) is 23.6. The van der Waals surface area contributed by atoms with Gasteiger partial charge in [0.2, 0.25) is 5.91 Å². The molecule has 0 saturated heterocycles. The van der Waals surface area contributed by atoms with Crippen molar-refractivity contribution in [1.29, 1.82) is 0 Å². The molecule has 0 spiro atoms. The molecular formula is C48H91NO5. The van der Waals surface area contributed by atoms with E-state index < -0.39 is 12.1 Å². The van der Waals surface area contributed by atoms with E-state index in [1.54, 1.807) is 6.08 Å². The van der Waals surface area contributed by atoms with Gasteiger partial charge in [0, 0.05) is 12.8 Å². The van der Waals surface area contributed by atoms with Gasteiger partial charge in [-0.3, -0.25) is 9.59 Å². The fourth-order valence-electron chi connectivity index (χ4n) is 7.05. The van der Waals surface area contributed by atoms with Crippen LogP contribution in [0, 0.1) is 0 Å². The Morgan fingerprint density at radius 3 is 1.35 bits per heavy atom. The van der Waals surface area contributed by atoms with Crippen molar-refractivity contribution in [2.45, 2.75) is 257 Å². The number of carbonyl (C=O) groups is 2. The SMILES string of the molecule is CCCCCCCCCCCCCCC/C=C/C(O)C(CO)NC(=O)CCC/C=C\CCCCCCOC(=O)CCCCCCCCCCCCCCC. The highest BCUT2D eigenvalue weighted by molar-refractivity contribution is 5.76. The fourth-order valence-corrected chi connectivity index (χ4v) is 7.05. The number of amides is 1. The summed E-state index contributed by atoms with van der Waals surface area (Å²) < 4.78 is 5.42. The van der Waals surface area contributed by atoms with Gasteiger partial charge in [-0.15, -0.1) is 0 Å². The zero-order chi connectivity index (χ0) is 39.4. The zero-order valence-electron chi connectivity index (χ0n) is 36.0. The van der Waals surface area contributed by atoms with Crippen LogP contribution in [0.4, 0.5) is 0 Å². The van der Waals surface area contributed by atoms with Crippen molar-refractivity contribution in [3.8, 4) is 0 Å². The van der Waals surface area contributed by atoms with Crippen molar-refractivity contribution >= 4 is 11.9 Å². The van der Waals surface area contributed by atoms with E-state index >= 15 is 0 Å². The molecule has 0 rings (SSSR count). The Bertz CT molecular complexity index is 843. The second-order valence-corrected chi connectivity index (χ2v) is 16.1. The molecule has 0 saturated carbocycles. The summed E-state index contributed by atoms with van der Waals surface area (Å²) >= 11 is 0. The molecule has 2 unspecified atom stereocenters. The van der Waals surface area contributed by atoms with Gasteiger partial charge < -0.3 is 20.3 Å². The van der Waals surface area contributed by atoms with Crippen LogP contribution in [0.25, 0.3) is 0 Å². The van der Waals surface area contributed by atoms with Gasteiger partial charge in [-0.2, -0.15) is 0 Å². The summed E-state index contributed by atoms with van der Waals surface area (Å²) in [4.78, 5) is 24.4. The molecule has 3 N–H and O–H groups in total. The standard InChI is InChI=1S/C48H91NO5/c1-3-5-7-9-11-13-15-17-18-20-21-24-28-32-36-40-46(51)45(44-50)49-47(52)41-37-33-29-25-23-27-31-35-39-43-54-48(53)42-38-34-30-26-22-19-16-14-12-10-8-6-4-2/h25,29,36,40,45-46,50-51H,3-24,26-28,30-35,37-39,41-44H2,1-2H3,(H,49,52)/b29-25-,40-36+. The first-order valence-corrected chi connectivity index (χ1v) is 23.6. The predicted octanol–water partition coefficient (Wildman–Crippen LogP) is 13.6. The summed E-state index contributed by atoms with van der Waals surface area (Å²) in [7, 11) is 0. The average molecular weight is 762 g/mol. The number of nitrogens with one attached hydrogen (secondary N) is 1. The normalized spacial score (nSPS) is 12.9. The number of esters is 1. The van der Waals surface area contributed by atoms with Crippen molar-refractivity contribution < 1.29 is 24.5 Å². The fraction of sp³-hybridized carbons (Fsp3) is 0.875. The van der Waals surface area contributed by atoms with Crippen LogP contribution in [0.5, 0.6) is 0 Å². The summed E-state index contributed by atoms with van der Waals surface area (Å²) in [5.74, 6) is -0.165. The highest BCUT2D eigenvalue weighted by Crippen LogP contribution is 2.15. The number of aliphatic hydroxyl groups excluding tert-OH is 2. The molecule has 54 heavy (non-hydrogen) atoms. The van der Waals surface area contributed by atoms with E-state index in [2.05, 4.69) is 31.3 Å². The Kier molecular flexibility index (Phi) is 42.7. The van der Waals surface area contributed by atoms with Crippen molar-refractivity contribution in [3.63, 3.8) is 0 Å². The Labute approximate surface area is 335 Å². The molecule has 0 aromatic rings. The van der Waals surface area contributed by atoms with Gasteiger partial charge in [-0.05, 0) is 51.4 Å². The van der Waals surface area contributed by atoms with Crippen LogP contribution in [0.1, 0.15) is 245 Å². The van der Waals surface area contributed by atoms with Crippen LogP contribution in [0.2, 0.25) is 0 Å². The third-order valence-electron chi connectivity index (χ3n) is 10.7. The Morgan fingerprint density at radius 1 is 0.500 bits per heavy atom. The molecule has 2 atom stereocenters. The van der Waals surface area contributed by atoms with Crippen molar-refractivity contribution in [2.24, 2.45) is 0 Å². The third kappa shape index (κ3) is 40.0. The lowest BCUT2D eigenvalue weighted by molar-refractivity contribution is -0.143. The number of aliphatic hydroxyl groups is 2. The predicted molar refractivity (Wildman–Crippen MR) is 232 cm³/mol. The van der Waals surface area contributed by atoms with Crippen molar-refractivity contribution in [2.75, 3.05) is 13.2 Å². The van der Waals surface area contributed by atoms with E-state index in [0.717, 1.165) is 70.6 Å². The molecule has 6 nitrogen and oxygen atoms in total. The molecule has 318 valence electrons. The second-order valence-electron chi connectivity index (χ2n) is 16.1. The number of carbonyl (C=O) groups excluding carboxylic acids is 2. The lowest BCUT2D eigenvalue weighted by atomic mass is 10.0. The van der Waals surface area contributed by atoms with Gasteiger partial charge in [0.05, 0.1) is 25.4 Å². The lowest BCUT2D eigenvalue weighted by Gasteiger charge is -2.19. The molecule has 0 heterocycles. The molecule has 1 amide bonds. The van der Waals surface area contributed by atoms with Crippen molar-refractivity contribution in [3.05, 3.63) is 24.3 Å². The lowest BCUT2D eigenvalue weighted by Crippen LogP contribution is -2.45. The number of rotatable bonds is 43. The maximum absolute atomic E-state index is 12.4. The van der Waals surface area contributed by atoms with Gasteiger partial charge in [0.25, 0.3) is 0 Å². The van der Waals surface area contributed by atoms with Gasteiger partial charge >= 0.3 is 5.97 Å². The second kappa shape index (κ2) is 44.1. The zero-order valence-corrected chi connectivity index (χ0v) is 36.0. The van der Waals surface area contributed by atoms with E-state index in [4.69, 9.17) is 4.74 Å². The molecule has 0 aromatic heterocycles. The molecule has 0 aliphatic heterocycles. The summed E-state index contributed by atoms with van der Waals surface area (Å²) in [5.41, 5.74) is 0. The summed E-state index contributed by atoms with van der Waals surface area (Å²) in [5, 5.41) is 23.0. The smallest absolute Gasteiger partial charge is 0.305 e. The first kappa shape index (κ1) is 52.3. The van der Waals surface area contributed by atoms with Crippen LogP contribution in [-0.4, -0.2) is 47.4 Å². The summed E-state index contributed by atoms with van der Waals surface area (Å²) in [6.45, 7) is 4.80. The number of allylic oxidation sites excluding steroid dienone is 3. The minimum absolute atomic E-state index is 0.0370. The Morgan fingerprint density at radius 2 is 0.889 bits per heavy atom. The van der Waals surface area contributed by atoms with E-state index in [1.165, 1.54) is 148 Å². The maximum Gasteiger partial charge on any atom is 0.305 e. The van der Waals surface area contributed by atoms with Gasteiger partial charge in [0.15, 0.2) is 0 Å². The summed E-state index contributed by atoms with van der Waals surface area (Å²) in [6, 6.07) is -0.663. The van der Waals surface area contributed by atoms with Crippen molar-refractivity contribution in [1.82, 2.24) is 5.32 Å². The topological polar surface area (TPSA) is 95.9 Å². The maximum atomic E-state index is 12.4. The average Bonchev–Trinajstić information content (AvgIpc) is 3.17. The molecular weight excluding hydrogens is 671 g/mol. The number of hydrogen-bond acceptors (Lipinski definition) is 5. The number of unbranched alkanes of at least 4 members (excludes halogenated alkanes) is 30. The number of hydrogen-bond donors (Lipinski definition) is 3. The van der Waals surface area contributed by atoms with E-state index in [1.807, 2.05) is 6.08 Å².